The van der Waals surface area contributed by atoms with Gasteiger partial charge in [0.2, 0.25) is 0 Å². The molecular formula is C5H8Br3Cl2O2P. The Morgan fingerprint density at radius 2 is 1.77 bits per heavy atom. The Kier molecular flexibility index (Phi) is 5.88. The fourth-order valence-corrected chi connectivity index (χ4v) is 5.12. The van der Waals surface area contributed by atoms with Crippen molar-refractivity contribution >= 4 is 76.3 Å². The van der Waals surface area contributed by atoms with E-state index >= 15 is 0 Å². The predicted molar refractivity (Wildman–Crippen MR) is 68.6 cm³/mol. The summed E-state index contributed by atoms with van der Waals surface area (Å²) < 4.78 is 15.0. The lowest BCUT2D eigenvalue weighted by atomic mass is 9.98. The highest BCUT2D eigenvalue weighted by Crippen LogP contribution is 2.65. The molecule has 0 aromatic rings. The number of alkyl halides is 3. The minimum absolute atomic E-state index is 0.369. The van der Waals surface area contributed by atoms with Crippen molar-refractivity contribution in [3.05, 3.63) is 0 Å². The van der Waals surface area contributed by atoms with Crippen LogP contribution < -0.4 is 0 Å². The summed E-state index contributed by atoms with van der Waals surface area (Å²) in [5.74, 6) is 0. The minimum Gasteiger partial charge on any atom is -0.276 e. The Morgan fingerprint density at radius 3 is 2.00 bits per heavy atom. The molecule has 0 saturated carbocycles. The average molecular weight is 442 g/mol. The highest BCUT2D eigenvalue weighted by Gasteiger charge is 2.45. The second kappa shape index (κ2) is 5.03. The molecule has 0 N–H and O–H groups in total. The summed E-state index contributed by atoms with van der Waals surface area (Å²) in [4.78, 5) is 0. The second-order valence-electron chi connectivity index (χ2n) is 3.04. The lowest BCUT2D eigenvalue weighted by Gasteiger charge is -2.36. The first kappa shape index (κ1) is 15.2. The third-order valence-corrected chi connectivity index (χ3v) is 6.62. The van der Waals surface area contributed by atoms with E-state index in [0.29, 0.717) is 5.33 Å². The molecule has 0 rings (SSSR count). The molecule has 0 aliphatic rings. The van der Waals surface area contributed by atoms with E-state index in [9.17, 15) is 4.57 Å². The molecule has 0 bridgehead atoms. The van der Waals surface area contributed by atoms with E-state index in [1.54, 1.807) is 0 Å². The van der Waals surface area contributed by atoms with Gasteiger partial charge in [-0.2, -0.15) is 0 Å². The molecule has 0 heterocycles. The lowest BCUT2D eigenvalue weighted by Crippen LogP contribution is -2.35. The van der Waals surface area contributed by atoms with Crippen LogP contribution in [0.2, 0.25) is 0 Å². The van der Waals surface area contributed by atoms with E-state index in [2.05, 4.69) is 47.8 Å². The van der Waals surface area contributed by atoms with Crippen molar-refractivity contribution in [2.75, 3.05) is 5.33 Å². The molecule has 2 nitrogen and oxygen atoms in total. The third kappa shape index (κ3) is 5.19. The van der Waals surface area contributed by atoms with Crippen LogP contribution in [0.3, 0.4) is 0 Å². The maximum absolute atomic E-state index is 11.0. The number of hydrogen-bond donors (Lipinski definition) is 0. The zero-order chi connectivity index (χ0) is 10.9. The summed E-state index contributed by atoms with van der Waals surface area (Å²) in [6.07, 6.45) is -3.57. The lowest BCUT2D eigenvalue weighted by molar-refractivity contribution is 0.163. The monoisotopic (exact) mass is 438 g/mol. The summed E-state index contributed by atoms with van der Waals surface area (Å²) in [6.45, 7) is 3.77. The van der Waals surface area contributed by atoms with Gasteiger partial charge in [-0.05, 0) is 54.3 Å². The Labute approximate surface area is 112 Å². The molecule has 0 saturated heterocycles. The minimum atomic E-state index is -3.57. The van der Waals surface area contributed by atoms with Gasteiger partial charge >= 0.3 is 6.07 Å². The zero-order valence-electron chi connectivity index (χ0n) is 6.86. The molecular weight excluding hydrogens is 434 g/mol. The van der Waals surface area contributed by atoms with Crippen molar-refractivity contribution in [2.24, 2.45) is 5.41 Å². The second-order valence-corrected chi connectivity index (χ2v) is 11.1. The van der Waals surface area contributed by atoms with Gasteiger partial charge in [-0.25, -0.2) is 0 Å². The maximum atomic E-state index is 11.0. The fourth-order valence-electron chi connectivity index (χ4n) is 0.335. The molecule has 80 valence electrons. The van der Waals surface area contributed by atoms with Gasteiger partial charge in [0.25, 0.3) is 0 Å². The predicted octanol–water partition coefficient (Wildman–Crippen LogP) is 5.45. The molecule has 0 aromatic heterocycles. The van der Waals surface area contributed by atoms with E-state index in [4.69, 9.17) is 27.0 Å². The largest absolute Gasteiger partial charge is 0.382 e. The van der Waals surface area contributed by atoms with Crippen molar-refractivity contribution in [1.82, 2.24) is 0 Å². The standard InChI is InChI=1S/C5H8Br3Cl2O2P/c1-4(2,3-6)5(7,8)12-13(9,10)11/h3H2,1-2H3. The average Bonchev–Trinajstić information content (AvgIpc) is 1.81. The quantitative estimate of drug-likeness (QED) is 0.428. The molecule has 8 heteroatoms. The van der Waals surface area contributed by atoms with E-state index in [-0.39, 0.29) is 5.41 Å². The van der Waals surface area contributed by atoms with E-state index < -0.39 is 9.49 Å². The first-order valence-corrected chi connectivity index (χ1v) is 9.30. The summed E-state index contributed by atoms with van der Waals surface area (Å²) in [5.41, 5.74) is -0.369. The van der Waals surface area contributed by atoms with Crippen LogP contribution in [0.25, 0.3) is 0 Å². The SMILES string of the molecule is CC(C)(CBr)C(Br)(Br)OP(=O)(Cl)Cl. The highest BCUT2D eigenvalue weighted by atomic mass is 79.9. The van der Waals surface area contributed by atoms with Crippen LogP contribution in [-0.2, 0) is 9.09 Å². The Hall–Kier alpha value is 2.21. The topological polar surface area (TPSA) is 26.3 Å². The first-order chi connectivity index (χ1) is 5.52. The molecule has 0 aromatic carbocycles. The molecule has 0 amide bonds. The normalized spacial score (nSPS) is 14.7. The zero-order valence-corrected chi connectivity index (χ0v) is 14.0. The van der Waals surface area contributed by atoms with Crippen LogP contribution in [0.1, 0.15) is 13.8 Å². The van der Waals surface area contributed by atoms with E-state index in [0.717, 1.165) is 0 Å². The molecule has 0 unspecified atom stereocenters. The molecule has 0 spiro atoms. The van der Waals surface area contributed by atoms with Crippen LogP contribution >= 0.6 is 76.3 Å². The fraction of sp³-hybridized carbons (Fsp3) is 1.00. The van der Waals surface area contributed by atoms with Crippen molar-refractivity contribution < 1.29 is 9.09 Å². The number of rotatable bonds is 4. The van der Waals surface area contributed by atoms with Crippen LogP contribution in [0, 0.1) is 5.41 Å². The van der Waals surface area contributed by atoms with Crippen molar-refractivity contribution in [3.63, 3.8) is 0 Å². The molecule has 13 heavy (non-hydrogen) atoms. The van der Waals surface area contributed by atoms with Crippen LogP contribution in [0.15, 0.2) is 0 Å². The summed E-state index contributed by atoms with van der Waals surface area (Å²) >= 11 is 20.4. The smallest absolute Gasteiger partial charge is 0.276 e. The van der Waals surface area contributed by atoms with Gasteiger partial charge in [-0.15, -0.1) is 0 Å². The van der Waals surface area contributed by atoms with Gasteiger partial charge in [-0.1, -0.05) is 29.8 Å². The highest BCUT2D eigenvalue weighted by molar-refractivity contribution is 9.25. The van der Waals surface area contributed by atoms with Crippen molar-refractivity contribution in [3.8, 4) is 0 Å². The molecule has 0 radical (unpaired) electrons. The van der Waals surface area contributed by atoms with Crippen molar-refractivity contribution in [1.29, 1.82) is 0 Å². The van der Waals surface area contributed by atoms with E-state index in [1.165, 1.54) is 0 Å². The van der Waals surface area contributed by atoms with Gasteiger partial charge in [0.1, 0.15) is 0 Å². The van der Waals surface area contributed by atoms with Gasteiger partial charge in [-0.3, -0.25) is 9.09 Å². The Balaban J connectivity index is 4.68. The van der Waals surface area contributed by atoms with Gasteiger partial charge in [0, 0.05) is 10.7 Å². The van der Waals surface area contributed by atoms with Gasteiger partial charge in [0.05, 0.1) is 0 Å². The van der Waals surface area contributed by atoms with E-state index in [1.807, 2.05) is 13.8 Å². The van der Waals surface area contributed by atoms with Crippen LogP contribution in [0.4, 0.5) is 0 Å². The first-order valence-electron chi connectivity index (χ1n) is 3.16. The summed E-state index contributed by atoms with van der Waals surface area (Å²) in [6, 6.07) is 0. The molecule has 0 aliphatic heterocycles. The molecule has 0 atom stereocenters. The Bertz CT molecular complexity index is 228. The Morgan fingerprint density at radius 1 is 1.38 bits per heavy atom. The summed E-state index contributed by atoms with van der Waals surface area (Å²) in [7, 11) is 0. The third-order valence-electron chi connectivity index (χ3n) is 1.34. The molecule has 0 aliphatic carbocycles. The summed E-state index contributed by atoms with van der Waals surface area (Å²) in [5, 5.41) is 0.615. The van der Waals surface area contributed by atoms with Gasteiger partial charge in [0.15, 0.2) is 3.42 Å². The number of hydrogen-bond acceptors (Lipinski definition) is 2. The van der Waals surface area contributed by atoms with Crippen LogP contribution in [0.5, 0.6) is 0 Å². The molecule has 0 fully saturated rings. The number of halogens is 5. The maximum Gasteiger partial charge on any atom is 0.382 e. The van der Waals surface area contributed by atoms with Crippen molar-refractivity contribution in [2.45, 2.75) is 17.3 Å². The van der Waals surface area contributed by atoms with Crippen LogP contribution in [-0.4, -0.2) is 8.75 Å². The van der Waals surface area contributed by atoms with Gasteiger partial charge < -0.3 is 0 Å².